The van der Waals surface area contributed by atoms with Gasteiger partial charge >= 0.3 is 35.1 Å². The fraction of sp³-hybridized carbons (Fsp3) is 0.338. The molecule has 4 aliphatic heterocycles. The number of nitrogens with one attached hydrogen (secondary N) is 7. The van der Waals surface area contributed by atoms with Gasteiger partial charge in [0.2, 0.25) is 0 Å². The number of alkyl halides is 4. The molecule has 728 valence electrons. The van der Waals surface area contributed by atoms with Crippen molar-refractivity contribution in [2.45, 2.75) is 85.5 Å². The predicted octanol–water partition coefficient (Wildman–Crippen LogP) is 9.73. The van der Waals surface area contributed by atoms with Gasteiger partial charge in [0.25, 0.3) is 11.1 Å². The number of H-pyrrole nitrogens is 4. The van der Waals surface area contributed by atoms with Crippen molar-refractivity contribution in [1.82, 2.24) is 109 Å². The van der Waals surface area contributed by atoms with Crippen LogP contribution in [0.15, 0.2) is 107 Å². The van der Waals surface area contributed by atoms with Crippen LogP contribution < -0.4 is 48.0 Å². The molecule has 0 fully saturated rings. The molecule has 14 aromatic rings. The number of methoxy groups -OCH3 is 2. The summed E-state index contributed by atoms with van der Waals surface area (Å²) in [4.78, 5) is 91.6. The molecule has 62 heteroatoms. The van der Waals surface area contributed by atoms with Crippen LogP contribution in [0.2, 0.25) is 15.2 Å². The number of hydrogen-bond acceptors (Lipinski definition) is 37. The van der Waals surface area contributed by atoms with Crippen LogP contribution >= 0.6 is 98.5 Å². The first kappa shape index (κ1) is 106. The molecular formula is C74H85Br4Cl3N32O23. The van der Waals surface area contributed by atoms with Gasteiger partial charge in [-0.3, -0.25) is 43.2 Å². The molecule has 0 atom stereocenters. The molecule has 0 amide bonds. The fourth-order valence-electron chi connectivity index (χ4n) is 12.2. The Morgan fingerprint density at radius 2 is 0.904 bits per heavy atom. The minimum atomic E-state index is -1.30. The number of rotatable bonds is 22. The molecule has 0 saturated heterocycles. The molecule has 0 saturated carbocycles. The van der Waals surface area contributed by atoms with E-state index in [0.717, 1.165) is 65.8 Å². The summed E-state index contributed by atoms with van der Waals surface area (Å²) < 4.78 is 44.5. The molecule has 136 heavy (non-hydrogen) atoms. The largest absolute Gasteiger partial charge is 0.493 e. The average Bonchev–Trinajstić information content (AvgIpc) is 1.71. The monoisotopic (exact) mass is 2210 g/mol. The maximum Gasteiger partial charge on any atom is 0.390 e. The Hall–Kier alpha value is -13.5. The summed E-state index contributed by atoms with van der Waals surface area (Å²) >= 11 is 31.1. The van der Waals surface area contributed by atoms with Crippen LogP contribution in [0.4, 0.5) is 75.1 Å². The zero-order valence-corrected chi connectivity index (χ0v) is 80.3. The maximum atomic E-state index is 12.7. The van der Waals surface area contributed by atoms with Crippen LogP contribution in [0, 0.1) is 50.6 Å². The van der Waals surface area contributed by atoms with E-state index in [-0.39, 0.29) is 70.8 Å². The van der Waals surface area contributed by atoms with E-state index in [0.29, 0.717) is 178 Å². The van der Waals surface area contributed by atoms with Crippen LogP contribution in [-0.4, -0.2) is 222 Å². The first-order chi connectivity index (χ1) is 65.2. The Balaban J connectivity index is 0.000000176. The number of para-hydroxylation sites is 2. The number of aromatic carboxylic acids is 1. The number of carboxylic acids is 1. The first-order valence-electron chi connectivity index (χ1n) is 39.3. The normalized spacial score (nSPS) is 12.3. The Kier molecular flexibility index (Phi) is 40.5. The van der Waals surface area contributed by atoms with Gasteiger partial charge in [-0.1, -0.05) is 121 Å². The number of aromatic nitrogens is 22. The van der Waals surface area contributed by atoms with Gasteiger partial charge in [-0.25, -0.2) is 14.8 Å². The maximum absolute atomic E-state index is 12.7. The van der Waals surface area contributed by atoms with Crippen molar-refractivity contribution in [3.05, 3.63) is 229 Å². The van der Waals surface area contributed by atoms with E-state index < -0.39 is 36.4 Å². The number of nitrogens with two attached hydrogens (primary N) is 2. The van der Waals surface area contributed by atoms with Crippen LogP contribution in [0.5, 0.6) is 11.5 Å². The Morgan fingerprint density at radius 1 is 0.493 bits per heavy atom. The third-order valence-electron chi connectivity index (χ3n) is 18.2. The smallest absolute Gasteiger partial charge is 0.390 e. The number of nitro groups is 5. The van der Waals surface area contributed by atoms with E-state index in [2.05, 4.69) is 146 Å². The van der Waals surface area contributed by atoms with Gasteiger partial charge in [-0.15, -0.1) is 10.2 Å². The molecule has 55 nitrogen and oxygen atoms in total. The van der Waals surface area contributed by atoms with Crippen LogP contribution in [0.25, 0.3) is 22.1 Å². The number of hydrogen-bond donors (Lipinski definition) is 13. The van der Waals surface area contributed by atoms with Crippen LogP contribution in [-0.2, 0) is 119 Å². The Morgan fingerprint density at radius 3 is 1.27 bits per heavy atom. The summed E-state index contributed by atoms with van der Waals surface area (Å²) in [6.07, 6.45) is 0. The minimum absolute atomic E-state index is 0.101. The summed E-state index contributed by atoms with van der Waals surface area (Å²) in [6, 6.07) is 25.6. The third kappa shape index (κ3) is 29.5. The van der Waals surface area contributed by atoms with E-state index in [1.54, 1.807) is 68.4 Å². The number of nitrogens with zero attached hydrogens (tertiary/aromatic N) is 23. The molecule has 0 bridgehead atoms. The fourth-order valence-corrected chi connectivity index (χ4v) is 13.5. The summed E-state index contributed by atoms with van der Waals surface area (Å²) in [5.41, 5.74) is 18.4. The molecule has 0 unspecified atom stereocenters. The zero-order chi connectivity index (χ0) is 99.0. The molecule has 2 aromatic carbocycles. The Labute approximate surface area is 812 Å². The summed E-state index contributed by atoms with van der Waals surface area (Å²) in [6.45, 7) is 8.12. The summed E-state index contributed by atoms with van der Waals surface area (Å²) in [7, 11) is 6.32. The molecular weight excluding hydrogens is 2130 g/mol. The van der Waals surface area contributed by atoms with Gasteiger partial charge in [0.15, 0.2) is 34.3 Å². The molecule has 15 N–H and O–H groups in total. The number of carbonyl (C=O) groups is 1. The number of aromatic amines is 4. The lowest BCUT2D eigenvalue weighted by molar-refractivity contribution is -0.390. The van der Waals surface area contributed by atoms with Crippen molar-refractivity contribution in [1.29, 1.82) is 0 Å². The lowest BCUT2D eigenvalue weighted by Crippen LogP contribution is -2.16. The number of nitrogen functional groups attached to an aromatic ring is 2. The zero-order valence-electron chi connectivity index (χ0n) is 71.7. The highest BCUT2D eigenvalue weighted by atomic mass is 79.9. The first-order valence-corrected chi connectivity index (χ1v) is 44.9. The second kappa shape index (κ2) is 51.9. The lowest BCUT2D eigenvalue weighted by atomic mass is 10.2. The number of ether oxygens (including phenoxy) is 6. The van der Waals surface area contributed by atoms with Crippen molar-refractivity contribution in [2.75, 3.05) is 89.4 Å². The molecule has 12 aromatic heterocycles. The standard InChI is InChI=1S/C20H20ClN7O3.C14H12Cl2N4O2.2C6H8BrN3O3.C6H7N3O3.2C6H9N3O.C4H3N3O4.C4H5N3O3.C2H4Br2/c1-27-20(29)17-14(22-13-5-3-4-12(21)18(13)30-2)9-15(24-19(17)26-27)23-16-8-11-10-31-7-6-28(11)25-16;1-20-14(21)11-9(6-10(16)18-13(11)19-20)17-8-5-3-4-7(15)12(8)22-2;2*7-1-2-9-5(4-11)3-6(8-9)10(12)13;10-9(11)6-3-5-4-12-2-1-8(5)7-6;2*7-6-3-5-4-10-2-1-9(5)8-6;8-4(9)2-1-3(6-5-2)7(10)11;8-2-3-1-4(6-5-3)7(9)10;3-1-2-4/h3-5,8-9H,6-7,10H2,1-2H3,(H3,22,23,24,25,26);3-6H,1-2H3,(H2,17,18,19);2*3,11H,1-2,4H2;3H,1-2,4H2;2*3H,1-2,4H2,(H2,7,8);1H,(H,5,6)(H,8,9);1,8H,2H2,(H,5,6);1-2H2. The highest BCUT2D eigenvalue weighted by molar-refractivity contribution is 9.12. The Bertz CT molecular complexity index is 6320. The highest BCUT2D eigenvalue weighted by Crippen LogP contribution is 2.38. The molecule has 0 radical (unpaired) electrons. The van der Waals surface area contributed by atoms with Gasteiger partial charge in [-0.2, -0.15) is 29.3 Å². The number of benzene rings is 2. The number of aliphatic hydroxyl groups excluding tert-OH is 3. The second-order valence-electron chi connectivity index (χ2n) is 27.3. The van der Waals surface area contributed by atoms with Gasteiger partial charge in [0.1, 0.15) is 39.1 Å². The molecule has 18 rings (SSSR count). The molecule has 16 heterocycles. The number of aryl methyl sites for hydroxylation is 4. The van der Waals surface area contributed by atoms with E-state index in [1.807, 2.05) is 43.4 Å². The molecule has 4 aliphatic rings. The minimum Gasteiger partial charge on any atom is -0.493 e. The lowest BCUT2D eigenvalue weighted by Gasteiger charge is -2.14. The molecule has 0 aliphatic carbocycles. The van der Waals surface area contributed by atoms with Crippen molar-refractivity contribution >= 4 is 202 Å². The third-order valence-corrected chi connectivity index (χ3v) is 21.6. The summed E-state index contributed by atoms with van der Waals surface area (Å²) in [5, 5.41) is 141. The van der Waals surface area contributed by atoms with Gasteiger partial charge < -0.3 is 127 Å². The number of carboxylic acid groups (broad SMARTS) is 1. The van der Waals surface area contributed by atoms with E-state index >= 15 is 0 Å². The van der Waals surface area contributed by atoms with Crippen molar-refractivity contribution in [2.24, 2.45) is 14.1 Å². The van der Waals surface area contributed by atoms with Gasteiger partial charge in [0, 0.05) is 59.7 Å². The van der Waals surface area contributed by atoms with Crippen molar-refractivity contribution < 1.29 is 78.3 Å². The topological polar surface area (TPSA) is 723 Å². The second-order valence-corrected chi connectivity index (χ2v) is 31.7. The molecule has 0 spiro atoms. The SMILES string of the molecule is BrCCBr.COc1c(Cl)cccc1Nc1cc(Cl)nc2[nH]n(C)c(=O)c12.COc1c(Cl)cccc1Nc1cc(Nc2cc3n(n2)CCOC3)nc2[nH]n(C)c(=O)c12.Nc1cc2n(n1)CCOC2.Nc1cc2n(n1)CCOC2.O=C(O)c1cc([N+](=O)[O-])[nH]n1.O=[N+]([O-])c1cc(CO)n(CCBr)n1.O=[N+]([O-])c1cc(CO)n(CCBr)n1.O=[N+]([O-])c1cc(CO)n[nH]1.O=[N+]([O-])c1cc2n(n1)CCOC2. The number of halogens is 7. The number of fused-ring (bicyclic) bond motifs is 6. The quantitative estimate of drug-likeness (QED) is 0.0130. The van der Waals surface area contributed by atoms with E-state index in [9.17, 15) is 65.0 Å². The number of aliphatic hydroxyl groups is 3. The highest BCUT2D eigenvalue weighted by Gasteiger charge is 2.25. The van der Waals surface area contributed by atoms with Gasteiger partial charge in [0.05, 0.1) is 239 Å². The average molecular weight is 2220 g/mol. The van der Waals surface area contributed by atoms with E-state index in [1.165, 1.54) is 50.1 Å². The summed E-state index contributed by atoms with van der Waals surface area (Å²) in [5.74, 6) is 0.814. The predicted molar refractivity (Wildman–Crippen MR) is 505 cm³/mol. The van der Waals surface area contributed by atoms with E-state index in [4.69, 9.17) is 95.1 Å². The number of anilines is 8. The van der Waals surface area contributed by atoms with Crippen molar-refractivity contribution in [3.63, 3.8) is 0 Å². The van der Waals surface area contributed by atoms with Crippen LogP contribution in [0.3, 0.4) is 0 Å². The van der Waals surface area contributed by atoms with Gasteiger partial charge in [-0.05, 0) is 54.9 Å². The van der Waals surface area contributed by atoms with Crippen molar-refractivity contribution in [3.8, 4) is 11.5 Å². The van der Waals surface area contributed by atoms with Crippen LogP contribution in [0.1, 0.15) is 50.3 Å². The number of pyridine rings is 2.